The number of carbonyl (C=O) groups is 6. The molecule has 1 rings (SSSR count). The highest BCUT2D eigenvalue weighted by Crippen LogP contribution is 2.07. The van der Waals surface area contributed by atoms with Gasteiger partial charge in [0.2, 0.25) is 23.6 Å². The number of hydrogen-bond acceptors (Lipinski definition) is 8. The van der Waals surface area contributed by atoms with Crippen LogP contribution in [0.2, 0.25) is 0 Å². The number of nitrogens with one attached hydrogen (secondary N) is 3. The van der Waals surface area contributed by atoms with Crippen molar-refractivity contribution in [1.82, 2.24) is 16.0 Å². The average Bonchev–Trinajstić information content (AvgIpc) is 2.85. The van der Waals surface area contributed by atoms with E-state index in [1.54, 1.807) is 30.3 Å². The largest absolute Gasteiger partial charge is 0.481 e. The third-order valence-corrected chi connectivity index (χ3v) is 5.53. The maximum Gasteiger partial charge on any atom is 0.326 e. The summed E-state index contributed by atoms with van der Waals surface area (Å²) in [4.78, 5) is 72.4. The van der Waals surface area contributed by atoms with Crippen LogP contribution in [0.5, 0.6) is 0 Å². The molecule has 0 saturated carbocycles. The Morgan fingerprint density at radius 1 is 0.789 bits per heavy atom. The Kier molecular flexibility index (Phi) is 14.0. The Morgan fingerprint density at radius 2 is 1.37 bits per heavy atom. The highest BCUT2D eigenvalue weighted by molar-refractivity contribution is 5.95. The van der Waals surface area contributed by atoms with Crippen LogP contribution in [0, 0.1) is 0 Å². The van der Waals surface area contributed by atoms with E-state index in [0.29, 0.717) is 31.4 Å². The van der Waals surface area contributed by atoms with Crippen molar-refractivity contribution in [3.8, 4) is 0 Å². The van der Waals surface area contributed by atoms with Gasteiger partial charge in [-0.05, 0) is 31.4 Å². The van der Waals surface area contributed by atoms with Gasteiger partial charge in [-0.2, -0.15) is 0 Å². The molecule has 11 N–H and O–H groups in total. The fourth-order valence-corrected chi connectivity index (χ4v) is 3.45. The number of carboxylic acids is 2. The van der Waals surface area contributed by atoms with E-state index in [1.807, 2.05) is 5.32 Å². The van der Waals surface area contributed by atoms with Gasteiger partial charge in [0.1, 0.15) is 18.1 Å². The highest BCUT2D eigenvalue weighted by atomic mass is 16.4. The zero-order chi connectivity index (χ0) is 28.7. The van der Waals surface area contributed by atoms with E-state index >= 15 is 0 Å². The van der Waals surface area contributed by atoms with Gasteiger partial charge in [0.15, 0.2) is 0 Å². The van der Waals surface area contributed by atoms with Crippen molar-refractivity contribution >= 4 is 35.6 Å². The minimum absolute atomic E-state index is 0.0366. The van der Waals surface area contributed by atoms with Crippen molar-refractivity contribution in [2.45, 2.75) is 69.1 Å². The van der Waals surface area contributed by atoms with Crippen molar-refractivity contribution in [3.63, 3.8) is 0 Å². The summed E-state index contributed by atoms with van der Waals surface area (Å²) in [6, 6.07) is 3.40. The van der Waals surface area contributed by atoms with Crippen molar-refractivity contribution in [2.75, 3.05) is 6.54 Å². The van der Waals surface area contributed by atoms with E-state index in [0.717, 1.165) is 0 Å². The average molecular weight is 537 g/mol. The second-order valence-corrected chi connectivity index (χ2v) is 8.71. The van der Waals surface area contributed by atoms with Gasteiger partial charge in [-0.1, -0.05) is 36.8 Å². The van der Waals surface area contributed by atoms with E-state index in [1.165, 1.54) is 0 Å². The standard InChI is InChI=1S/C24H36N6O8/c25-11-5-4-8-15(26)21(34)29-17(12-14-6-2-1-3-7-14)23(36)28-16(9-10-19(27)31)22(35)30-18(24(37)38)13-20(32)33/h1-3,6-7,15-18H,4-5,8-13,25-26H2,(H2,27,31)(H,28,36)(H,29,34)(H,30,35)(H,32,33)(H,37,38). The van der Waals surface area contributed by atoms with Gasteiger partial charge in [-0.3, -0.25) is 24.0 Å². The van der Waals surface area contributed by atoms with Crippen LogP contribution in [0.1, 0.15) is 44.1 Å². The second kappa shape index (κ2) is 16.7. The molecular weight excluding hydrogens is 500 g/mol. The predicted molar refractivity (Wildman–Crippen MR) is 135 cm³/mol. The van der Waals surface area contributed by atoms with Crippen molar-refractivity contribution in [3.05, 3.63) is 35.9 Å². The van der Waals surface area contributed by atoms with Gasteiger partial charge in [0.25, 0.3) is 0 Å². The lowest BCUT2D eigenvalue weighted by molar-refractivity contribution is -0.147. The third-order valence-electron chi connectivity index (χ3n) is 5.53. The summed E-state index contributed by atoms with van der Waals surface area (Å²) in [6.45, 7) is 0.442. The van der Waals surface area contributed by atoms with E-state index in [2.05, 4.69) is 10.6 Å². The topological polar surface area (TPSA) is 257 Å². The number of hydrogen-bond donors (Lipinski definition) is 8. The van der Waals surface area contributed by atoms with Crippen LogP contribution in [0.15, 0.2) is 30.3 Å². The Balaban J connectivity index is 3.10. The molecule has 0 bridgehead atoms. The number of carboxylic acid groups (broad SMARTS) is 2. The smallest absolute Gasteiger partial charge is 0.326 e. The molecule has 0 radical (unpaired) electrons. The maximum absolute atomic E-state index is 13.2. The Hall–Kier alpha value is -4.04. The molecule has 0 aliphatic carbocycles. The van der Waals surface area contributed by atoms with E-state index in [9.17, 15) is 33.9 Å². The minimum Gasteiger partial charge on any atom is -0.481 e. The van der Waals surface area contributed by atoms with E-state index in [-0.39, 0.29) is 19.3 Å². The first kappa shape index (κ1) is 32.0. The Labute approximate surface area is 219 Å². The van der Waals surface area contributed by atoms with E-state index in [4.69, 9.17) is 22.3 Å². The first-order valence-electron chi connectivity index (χ1n) is 12.1. The number of unbranched alkanes of at least 4 members (excludes halogenated alkanes) is 1. The molecule has 38 heavy (non-hydrogen) atoms. The monoisotopic (exact) mass is 536 g/mol. The van der Waals surface area contributed by atoms with Crippen molar-refractivity contribution in [1.29, 1.82) is 0 Å². The number of rotatable bonds is 18. The van der Waals surface area contributed by atoms with Gasteiger partial charge in [-0.25, -0.2) is 4.79 Å². The zero-order valence-corrected chi connectivity index (χ0v) is 20.9. The molecule has 14 nitrogen and oxygen atoms in total. The fourth-order valence-electron chi connectivity index (χ4n) is 3.45. The molecule has 0 saturated heterocycles. The van der Waals surface area contributed by atoms with Crippen LogP contribution >= 0.6 is 0 Å². The lowest BCUT2D eigenvalue weighted by Crippen LogP contribution is -2.57. The number of carbonyl (C=O) groups excluding carboxylic acids is 4. The molecule has 0 heterocycles. The molecule has 4 amide bonds. The van der Waals surface area contributed by atoms with Crippen molar-refractivity contribution < 1.29 is 39.0 Å². The van der Waals surface area contributed by atoms with Gasteiger partial charge in [0, 0.05) is 12.8 Å². The summed E-state index contributed by atoms with van der Waals surface area (Å²) in [5.41, 5.74) is 17.3. The molecule has 4 atom stereocenters. The molecule has 4 unspecified atom stereocenters. The molecule has 1 aromatic rings. The molecule has 210 valence electrons. The number of benzene rings is 1. The molecule has 0 fully saturated rings. The van der Waals surface area contributed by atoms with Crippen LogP contribution in [0.3, 0.4) is 0 Å². The molecular formula is C24H36N6O8. The van der Waals surface area contributed by atoms with Gasteiger partial charge >= 0.3 is 11.9 Å². The summed E-state index contributed by atoms with van der Waals surface area (Å²) in [5, 5.41) is 25.2. The van der Waals surface area contributed by atoms with E-state index < -0.39 is 66.2 Å². The highest BCUT2D eigenvalue weighted by Gasteiger charge is 2.31. The summed E-state index contributed by atoms with van der Waals surface area (Å²) in [6.07, 6.45) is 0.114. The van der Waals surface area contributed by atoms with Gasteiger partial charge in [0.05, 0.1) is 12.5 Å². The van der Waals surface area contributed by atoms with Gasteiger partial charge in [-0.15, -0.1) is 0 Å². The molecule has 0 aliphatic heterocycles. The lowest BCUT2D eigenvalue weighted by Gasteiger charge is -2.25. The number of primary amides is 1. The third kappa shape index (κ3) is 12.3. The molecule has 14 heteroatoms. The quantitative estimate of drug-likeness (QED) is 0.0953. The van der Waals surface area contributed by atoms with Crippen LogP contribution in [-0.4, -0.2) is 76.5 Å². The molecule has 0 spiro atoms. The number of amides is 4. The Bertz CT molecular complexity index is 974. The van der Waals surface area contributed by atoms with Crippen molar-refractivity contribution in [2.24, 2.45) is 17.2 Å². The fraction of sp³-hybridized carbons (Fsp3) is 0.500. The zero-order valence-electron chi connectivity index (χ0n) is 20.9. The van der Waals surface area contributed by atoms with Gasteiger partial charge < -0.3 is 43.4 Å². The molecule has 0 aliphatic rings. The minimum atomic E-state index is -1.78. The molecule has 1 aromatic carbocycles. The van der Waals surface area contributed by atoms with Crippen LogP contribution < -0.4 is 33.2 Å². The SMILES string of the molecule is NCCCCC(N)C(=O)NC(Cc1ccccc1)C(=O)NC(CCC(N)=O)C(=O)NC(CC(=O)O)C(=O)O. The second-order valence-electron chi connectivity index (χ2n) is 8.71. The maximum atomic E-state index is 13.2. The first-order chi connectivity index (χ1) is 17.9. The summed E-state index contributed by atoms with van der Waals surface area (Å²) >= 11 is 0. The van der Waals surface area contributed by atoms with Crippen LogP contribution in [0.4, 0.5) is 0 Å². The molecule has 0 aromatic heterocycles. The van der Waals surface area contributed by atoms with Crippen LogP contribution in [0.25, 0.3) is 0 Å². The summed E-state index contributed by atoms with van der Waals surface area (Å²) < 4.78 is 0. The summed E-state index contributed by atoms with van der Waals surface area (Å²) in [7, 11) is 0. The lowest BCUT2D eigenvalue weighted by atomic mass is 10.0. The van der Waals surface area contributed by atoms with Crippen LogP contribution in [-0.2, 0) is 35.2 Å². The summed E-state index contributed by atoms with van der Waals surface area (Å²) in [5.74, 6) is -6.27. The number of nitrogens with two attached hydrogens (primary N) is 3. The normalized spacial score (nSPS) is 13.8. The Morgan fingerprint density at radius 3 is 1.92 bits per heavy atom. The first-order valence-corrected chi connectivity index (χ1v) is 12.1. The predicted octanol–water partition coefficient (Wildman–Crippen LogP) is -2.04. The number of aliphatic carboxylic acids is 2.